The molecule has 0 saturated carbocycles. The average molecular weight is 645 g/mol. The van der Waals surface area contributed by atoms with Crippen LogP contribution >= 0.6 is 0 Å². The fraction of sp³-hybridized carbons (Fsp3) is 0.0976. The van der Waals surface area contributed by atoms with Crippen LogP contribution < -0.4 is 24.8 Å². The van der Waals surface area contributed by atoms with E-state index in [9.17, 15) is 4.79 Å². The molecule has 7 aromatic rings. The minimum absolute atomic E-state index is 0.333. The number of aromatic nitrogens is 2. The van der Waals surface area contributed by atoms with Gasteiger partial charge in [-0.25, -0.2) is 9.97 Å². The Morgan fingerprint density at radius 2 is 1.39 bits per heavy atom. The molecular formula is C41H32N4O4. The van der Waals surface area contributed by atoms with Crippen molar-refractivity contribution in [1.29, 1.82) is 0 Å². The molecule has 0 bridgehead atoms. The zero-order valence-electron chi connectivity index (χ0n) is 27.2. The number of hydrogen-bond donors (Lipinski definition) is 2. The molecule has 6 aromatic carbocycles. The van der Waals surface area contributed by atoms with Gasteiger partial charge in [0.1, 0.15) is 5.82 Å². The molecule has 8 rings (SSSR count). The minimum atomic E-state index is -0.333. The zero-order chi connectivity index (χ0) is 33.5. The minimum Gasteiger partial charge on any atom is -0.493 e. The van der Waals surface area contributed by atoms with Crippen LogP contribution in [0.3, 0.4) is 0 Å². The van der Waals surface area contributed by atoms with Gasteiger partial charge in [0, 0.05) is 27.9 Å². The molecule has 0 fully saturated rings. The second kappa shape index (κ2) is 12.3. The molecule has 1 aliphatic rings. The lowest BCUT2D eigenvalue weighted by Gasteiger charge is -2.15. The van der Waals surface area contributed by atoms with E-state index >= 15 is 0 Å². The van der Waals surface area contributed by atoms with E-state index in [4.69, 9.17) is 24.2 Å². The van der Waals surface area contributed by atoms with E-state index in [-0.39, 0.29) is 5.91 Å². The summed E-state index contributed by atoms with van der Waals surface area (Å²) in [7, 11) is 4.56. The molecule has 1 heterocycles. The summed E-state index contributed by atoms with van der Waals surface area (Å²) < 4.78 is 16.3. The standard InChI is InChI=1S/C41H32N4O4/c1-47-36-21-29(22-37(48-2)38(36)49-3)41(46)43-31-15-17-35-34(23-31)40(45-39(44-35)27-13-12-24-8-4-5-9-25(24)18-27)42-30-14-16-33-28(20-30)19-26-10-6-7-11-32(26)33/h4-18,20-23H,19H2,1-3H3,(H,43,46)(H,42,44,45). The summed E-state index contributed by atoms with van der Waals surface area (Å²) in [4.78, 5) is 23.5. The van der Waals surface area contributed by atoms with Crippen molar-refractivity contribution in [3.63, 3.8) is 0 Å². The smallest absolute Gasteiger partial charge is 0.255 e. The molecule has 1 aromatic heterocycles. The Bertz CT molecular complexity index is 2400. The predicted octanol–water partition coefficient (Wildman–Crippen LogP) is 9.04. The maximum Gasteiger partial charge on any atom is 0.255 e. The number of nitrogens with zero attached hydrogens (tertiary/aromatic N) is 2. The van der Waals surface area contributed by atoms with Crippen molar-refractivity contribution < 1.29 is 19.0 Å². The number of amides is 1. The largest absolute Gasteiger partial charge is 0.493 e. The van der Waals surface area contributed by atoms with Gasteiger partial charge in [-0.05, 0) is 88.0 Å². The molecular weight excluding hydrogens is 612 g/mol. The Labute approximate surface area is 283 Å². The van der Waals surface area contributed by atoms with Crippen LogP contribution in [0, 0.1) is 0 Å². The lowest BCUT2D eigenvalue weighted by Crippen LogP contribution is -2.13. The van der Waals surface area contributed by atoms with Crippen LogP contribution in [0.4, 0.5) is 17.2 Å². The second-order valence-electron chi connectivity index (χ2n) is 11.9. The number of fused-ring (bicyclic) bond motifs is 5. The first-order chi connectivity index (χ1) is 24.0. The number of nitrogens with one attached hydrogen (secondary N) is 2. The van der Waals surface area contributed by atoms with E-state index in [0.717, 1.165) is 39.3 Å². The lowest BCUT2D eigenvalue weighted by molar-refractivity contribution is 0.102. The molecule has 49 heavy (non-hydrogen) atoms. The lowest BCUT2D eigenvalue weighted by atomic mass is 10.1. The van der Waals surface area contributed by atoms with Crippen molar-refractivity contribution >= 4 is 44.8 Å². The summed E-state index contributed by atoms with van der Waals surface area (Å²) >= 11 is 0. The Morgan fingerprint density at radius 3 is 2.18 bits per heavy atom. The molecule has 0 atom stereocenters. The molecule has 2 N–H and O–H groups in total. The SMILES string of the molecule is COc1cc(C(=O)Nc2ccc3nc(-c4ccc5ccccc5c4)nc(Nc4ccc5c(c4)Cc4ccccc4-5)c3c2)cc(OC)c1OC. The van der Waals surface area contributed by atoms with Gasteiger partial charge in [0.2, 0.25) is 5.75 Å². The highest BCUT2D eigenvalue weighted by molar-refractivity contribution is 6.06. The average Bonchev–Trinajstić information content (AvgIpc) is 3.51. The summed E-state index contributed by atoms with van der Waals surface area (Å²) in [6.07, 6.45) is 0.880. The van der Waals surface area contributed by atoms with Crippen molar-refractivity contribution in [3.8, 4) is 39.8 Å². The Morgan fingerprint density at radius 1 is 0.653 bits per heavy atom. The third kappa shape index (κ3) is 5.53. The highest BCUT2D eigenvalue weighted by Gasteiger charge is 2.20. The second-order valence-corrected chi connectivity index (χ2v) is 11.9. The molecule has 0 radical (unpaired) electrons. The number of hydrogen-bond acceptors (Lipinski definition) is 7. The molecule has 1 aliphatic carbocycles. The summed E-state index contributed by atoms with van der Waals surface area (Å²) in [6.45, 7) is 0. The maximum atomic E-state index is 13.5. The van der Waals surface area contributed by atoms with Gasteiger partial charge in [-0.2, -0.15) is 0 Å². The first kappa shape index (κ1) is 30.0. The van der Waals surface area contributed by atoms with E-state index in [1.807, 2.05) is 36.4 Å². The van der Waals surface area contributed by atoms with Crippen molar-refractivity contribution in [2.24, 2.45) is 0 Å². The Balaban J connectivity index is 1.19. The van der Waals surface area contributed by atoms with Crippen LogP contribution in [0.1, 0.15) is 21.5 Å². The van der Waals surface area contributed by atoms with Crippen molar-refractivity contribution in [3.05, 3.63) is 132 Å². The van der Waals surface area contributed by atoms with Crippen LogP contribution in [-0.4, -0.2) is 37.2 Å². The molecule has 0 spiro atoms. The van der Waals surface area contributed by atoms with Crippen molar-refractivity contribution in [1.82, 2.24) is 9.97 Å². The number of ether oxygens (including phenoxy) is 3. The van der Waals surface area contributed by atoms with Gasteiger partial charge >= 0.3 is 0 Å². The fourth-order valence-corrected chi connectivity index (χ4v) is 6.53. The maximum absolute atomic E-state index is 13.5. The number of carbonyl (C=O) groups excluding carboxylic acids is 1. The highest BCUT2D eigenvalue weighted by atomic mass is 16.5. The zero-order valence-corrected chi connectivity index (χ0v) is 27.2. The van der Waals surface area contributed by atoms with Crippen LogP contribution in [-0.2, 0) is 6.42 Å². The van der Waals surface area contributed by atoms with Crippen LogP contribution in [0.2, 0.25) is 0 Å². The Kier molecular flexibility index (Phi) is 7.53. The van der Waals surface area contributed by atoms with Gasteiger partial charge in [-0.3, -0.25) is 4.79 Å². The monoisotopic (exact) mass is 644 g/mol. The Hall–Kier alpha value is -6.41. The summed E-state index contributed by atoms with van der Waals surface area (Å²) in [6, 6.07) is 38.3. The molecule has 1 amide bonds. The summed E-state index contributed by atoms with van der Waals surface area (Å²) in [5, 5.41) is 9.64. The quantitative estimate of drug-likeness (QED) is 0.170. The first-order valence-electron chi connectivity index (χ1n) is 15.9. The summed E-state index contributed by atoms with van der Waals surface area (Å²) in [5.74, 6) is 2.10. The number of anilines is 3. The molecule has 0 aliphatic heterocycles. The third-order valence-electron chi connectivity index (χ3n) is 8.94. The molecule has 0 saturated heterocycles. The van der Waals surface area contributed by atoms with Gasteiger partial charge < -0.3 is 24.8 Å². The third-order valence-corrected chi connectivity index (χ3v) is 8.94. The van der Waals surface area contributed by atoms with Gasteiger partial charge in [-0.15, -0.1) is 0 Å². The number of rotatable bonds is 8. The molecule has 8 heteroatoms. The van der Waals surface area contributed by atoms with Gasteiger partial charge in [-0.1, -0.05) is 66.7 Å². The van der Waals surface area contributed by atoms with Crippen LogP contribution in [0.5, 0.6) is 17.2 Å². The van der Waals surface area contributed by atoms with Gasteiger partial charge in [0.15, 0.2) is 17.3 Å². The predicted molar refractivity (Wildman–Crippen MR) is 194 cm³/mol. The van der Waals surface area contributed by atoms with E-state index in [0.29, 0.717) is 40.1 Å². The van der Waals surface area contributed by atoms with E-state index in [2.05, 4.69) is 77.4 Å². The van der Waals surface area contributed by atoms with E-state index in [1.54, 1.807) is 12.1 Å². The first-order valence-corrected chi connectivity index (χ1v) is 15.9. The number of benzene rings is 6. The normalized spacial score (nSPS) is 11.6. The molecule has 0 unspecified atom stereocenters. The molecule has 8 nitrogen and oxygen atoms in total. The van der Waals surface area contributed by atoms with Crippen LogP contribution in [0.15, 0.2) is 115 Å². The fourth-order valence-electron chi connectivity index (χ4n) is 6.53. The topological polar surface area (TPSA) is 94.6 Å². The van der Waals surface area contributed by atoms with Gasteiger partial charge in [0.05, 0.1) is 26.8 Å². The number of carbonyl (C=O) groups is 1. The summed E-state index contributed by atoms with van der Waals surface area (Å²) in [5.41, 5.74) is 8.63. The van der Waals surface area contributed by atoms with E-state index < -0.39 is 0 Å². The molecule has 240 valence electrons. The van der Waals surface area contributed by atoms with Crippen LogP contribution in [0.25, 0.3) is 44.2 Å². The van der Waals surface area contributed by atoms with Crippen molar-refractivity contribution in [2.75, 3.05) is 32.0 Å². The number of methoxy groups -OCH3 is 3. The van der Waals surface area contributed by atoms with Gasteiger partial charge in [0.25, 0.3) is 5.91 Å². The van der Waals surface area contributed by atoms with Crippen molar-refractivity contribution in [2.45, 2.75) is 6.42 Å². The highest BCUT2D eigenvalue weighted by Crippen LogP contribution is 2.40. The van der Waals surface area contributed by atoms with E-state index in [1.165, 1.54) is 43.6 Å².